The van der Waals surface area contributed by atoms with Gasteiger partial charge in [0.2, 0.25) is 0 Å². The second kappa shape index (κ2) is 8.41. The van der Waals surface area contributed by atoms with Gasteiger partial charge >= 0.3 is 0 Å². The van der Waals surface area contributed by atoms with Crippen LogP contribution in [-0.2, 0) is 21.7 Å². The van der Waals surface area contributed by atoms with Crippen LogP contribution < -0.4 is 14.4 Å². The molecule has 4 rings (SSSR count). The Balaban J connectivity index is 1.76. The van der Waals surface area contributed by atoms with Crippen LogP contribution in [0.2, 0.25) is 0 Å². The summed E-state index contributed by atoms with van der Waals surface area (Å²) in [5, 5.41) is 11.7. The highest BCUT2D eigenvalue weighted by Gasteiger charge is 2.62. The van der Waals surface area contributed by atoms with E-state index < -0.39 is 11.6 Å². The van der Waals surface area contributed by atoms with Crippen molar-refractivity contribution >= 4 is 11.6 Å². The summed E-state index contributed by atoms with van der Waals surface area (Å²) >= 11 is 0. The molecule has 1 saturated heterocycles. The van der Waals surface area contributed by atoms with Gasteiger partial charge in [-0.1, -0.05) is 36.4 Å². The lowest BCUT2D eigenvalue weighted by Crippen LogP contribution is -2.66. The summed E-state index contributed by atoms with van der Waals surface area (Å²) in [4.78, 5) is 15.0. The average Bonchev–Trinajstić information content (AvgIpc) is 2.82. The van der Waals surface area contributed by atoms with Gasteiger partial charge < -0.3 is 19.3 Å². The van der Waals surface area contributed by atoms with Crippen molar-refractivity contribution in [3.05, 3.63) is 89.5 Å². The molecule has 0 radical (unpaired) electrons. The summed E-state index contributed by atoms with van der Waals surface area (Å²) < 4.78 is 15.7. The molecule has 0 bridgehead atoms. The molecule has 2 unspecified atom stereocenters. The second-order valence-electron chi connectivity index (χ2n) is 7.45. The predicted molar refractivity (Wildman–Crippen MR) is 117 cm³/mol. The third-order valence-corrected chi connectivity index (χ3v) is 5.69. The Labute approximate surface area is 181 Å². The summed E-state index contributed by atoms with van der Waals surface area (Å²) in [6.07, 6.45) is 0. The number of anilines is 1. The fourth-order valence-corrected chi connectivity index (χ4v) is 4.03. The molecule has 3 aromatic carbocycles. The van der Waals surface area contributed by atoms with Gasteiger partial charge in [0.05, 0.1) is 20.8 Å². The van der Waals surface area contributed by atoms with Crippen LogP contribution in [0.1, 0.15) is 22.7 Å². The van der Waals surface area contributed by atoms with Gasteiger partial charge in [0.15, 0.2) is 5.60 Å². The topological polar surface area (TPSA) is 68.2 Å². The van der Waals surface area contributed by atoms with Crippen LogP contribution in [0, 0.1) is 0 Å². The Hall–Kier alpha value is -3.35. The zero-order valence-corrected chi connectivity index (χ0v) is 17.7. The SMILES string of the molecule is COCc1ccc(C2(O)C(=O)N(c3ccc(OC)cc3)C2c2ccc(OC)cc2)cc1. The van der Waals surface area contributed by atoms with Gasteiger partial charge in [-0.25, -0.2) is 0 Å². The van der Waals surface area contributed by atoms with E-state index in [0.29, 0.717) is 29.4 Å². The molecule has 0 saturated carbocycles. The zero-order chi connectivity index (χ0) is 22.0. The van der Waals surface area contributed by atoms with Crippen LogP contribution in [0.15, 0.2) is 72.8 Å². The molecule has 6 heteroatoms. The van der Waals surface area contributed by atoms with Crippen LogP contribution in [0.4, 0.5) is 5.69 Å². The molecule has 2 atom stereocenters. The van der Waals surface area contributed by atoms with Gasteiger partial charge in [0, 0.05) is 12.8 Å². The second-order valence-corrected chi connectivity index (χ2v) is 7.45. The third kappa shape index (κ3) is 3.54. The molecule has 0 spiro atoms. The van der Waals surface area contributed by atoms with E-state index in [-0.39, 0.29) is 5.91 Å². The first-order valence-corrected chi connectivity index (χ1v) is 9.95. The molecule has 0 aromatic heterocycles. The third-order valence-electron chi connectivity index (χ3n) is 5.69. The average molecular weight is 419 g/mol. The van der Waals surface area contributed by atoms with Gasteiger partial charge in [-0.05, 0) is 53.1 Å². The maximum Gasteiger partial charge on any atom is 0.266 e. The number of rotatable bonds is 7. The first-order valence-electron chi connectivity index (χ1n) is 9.95. The quantitative estimate of drug-likeness (QED) is 0.590. The fraction of sp³-hybridized carbons (Fsp3) is 0.240. The number of ether oxygens (including phenoxy) is 3. The van der Waals surface area contributed by atoms with Crippen molar-refractivity contribution in [2.75, 3.05) is 26.2 Å². The standard InChI is InChI=1S/C25H25NO5/c1-29-16-17-4-8-19(9-5-17)25(28)23(18-6-12-21(30-2)13-7-18)26(24(25)27)20-10-14-22(31-3)15-11-20/h4-15,23,28H,16H2,1-3H3. The fourth-order valence-electron chi connectivity index (χ4n) is 4.03. The van der Waals surface area contributed by atoms with E-state index in [1.54, 1.807) is 50.5 Å². The first kappa shape index (κ1) is 20.9. The van der Waals surface area contributed by atoms with Crippen LogP contribution in [0.25, 0.3) is 0 Å². The number of β-lactam (4-membered cyclic amide) rings is 1. The van der Waals surface area contributed by atoms with E-state index in [1.165, 1.54) is 0 Å². The summed E-state index contributed by atoms with van der Waals surface area (Å²) in [5.41, 5.74) is 1.32. The number of hydrogen-bond donors (Lipinski definition) is 1. The Morgan fingerprint density at radius 2 is 1.39 bits per heavy atom. The van der Waals surface area contributed by atoms with Crippen LogP contribution >= 0.6 is 0 Å². The number of benzene rings is 3. The van der Waals surface area contributed by atoms with Crippen molar-refractivity contribution in [1.29, 1.82) is 0 Å². The summed E-state index contributed by atoms with van der Waals surface area (Å²) in [6.45, 7) is 0.465. The van der Waals surface area contributed by atoms with Crippen molar-refractivity contribution in [3.63, 3.8) is 0 Å². The molecule has 1 fully saturated rings. The van der Waals surface area contributed by atoms with E-state index in [2.05, 4.69) is 0 Å². The number of hydrogen-bond acceptors (Lipinski definition) is 5. The number of amides is 1. The van der Waals surface area contributed by atoms with Crippen LogP contribution in [-0.4, -0.2) is 32.3 Å². The smallest absolute Gasteiger partial charge is 0.266 e. The van der Waals surface area contributed by atoms with Crippen molar-refractivity contribution < 1.29 is 24.1 Å². The minimum absolute atomic E-state index is 0.377. The molecule has 0 aliphatic carbocycles. The van der Waals surface area contributed by atoms with Crippen LogP contribution in [0.3, 0.4) is 0 Å². The van der Waals surface area contributed by atoms with E-state index >= 15 is 0 Å². The zero-order valence-electron chi connectivity index (χ0n) is 17.7. The molecule has 3 aromatic rings. The lowest BCUT2D eigenvalue weighted by Gasteiger charge is -2.53. The number of aliphatic hydroxyl groups is 1. The highest BCUT2D eigenvalue weighted by Crippen LogP contribution is 2.52. The Morgan fingerprint density at radius 3 is 1.90 bits per heavy atom. The lowest BCUT2D eigenvalue weighted by atomic mass is 9.73. The van der Waals surface area contributed by atoms with Crippen molar-refractivity contribution in [3.8, 4) is 11.5 Å². The maximum absolute atomic E-state index is 13.4. The molecule has 1 N–H and O–H groups in total. The normalized spacial score (nSPS) is 20.3. The van der Waals surface area contributed by atoms with Crippen molar-refractivity contribution in [2.24, 2.45) is 0 Å². The highest BCUT2D eigenvalue weighted by atomic mass is 16.5. The summed E-state index contributed by atoms with van der Waals surface area (Å²) in [5.74, 6) is 1.03. The molecule has 1 aliphatic heterocycles. The molecule has 160 valence electrons. The van der Waals surface area contributed by atoms with Gasteiger partial charge in [-0.15, -0.1) is 0 Å². The van der Waals surface area contributed by atoms with Crippen LogP contribution in [0.5, 0.6) is 11.5 Å². The number of methoxy groups -OCH3 is 3. The largest absolute Gasteiger partial charge is 0.497 e. The van der Waals surface area contributed by atoms with Gasteiger partial charge in [-0.3, -0.25) is 9.69 Å². The van der Waals surface area contributed by atoms with E-state index in [9.17, 15) is 9.90 Å². The van der Waals surface area contributed by atoms with E-state index in [4.69, 9.17) is 14.2 Å². The van der Waals surface area contributed by atoms with Gasteiger partial charge in [-0.2, -0.15) is 0 Å². The predicted octanol–water partition coefficient (Wildman–Crippen LogP) is 3.83. The minimum Gasteiger partial charge on any atom is -0.497 e. The molecule has 1 aliphatic rings. The summed E-state index contributed by atoms with van der Waals surface area (Å²) in [6, 6.07) is 21.3. The first-order chi connectivity index (χ1) is 15.0. The molecule has 6 nitrogen and oxygen atoms in total. The number of carbonyl (C=O) groups excluding carboxylic acids is 1. The molecule has 1 heterocycles. The maximum atomic E-state index is 13.4. The Kier molecular flexibility index (Phi) is 5.67. The molecular formula is C25H25NO5. The number of nitrogens with zero attached hydrogens (tertiary/aromatic N) is 1. The highest BCUT2D eigenvalue weighted by molar-refractivity contribution is 6.08. The van der Waals surface area contributed by atoms with Gasteiger partial charge in [0.1, 0.15) is 17.5 Å². The number of carbonyl (C=O) groups is 1. The molecule has 1 amide bonds. The molecule has 31 heavy (non-hydrogen) atoms. The Morgan fingerprint density at radius 1 is 0.839 bits per heavy atom. The van der Waals surface area contributed by atoms with E-state index in [0.717, 1.165) is 11.1 Å². The van der Waals surface area contributed by atoms with Crippen molar-refractivity contribution in [2.45, 2.75) is 18.2 Å². The Bertz CT molecular complexity index is 1050. The molecular weight excluding hydrogens is 394 g/mol. The summed E-state index contributed by atoms with van der Waals surface area (Å²) in [7, 11) is 4.82. The lowest BCUT2D eigenvalue weighted by molar-refractivity contribution is -0.155. The monoisotopic (exact) mass is 419 g/mol. The van der Waals surface area contributed by atoms with Crippen molar-refractivity contribution in [1.82, 2.24) is 0 Å². The van der Waals surface area contributed by atoms with E-state index in [1.807, 2.05) is 48.5 Å². The minimum atomic E-state index is -1.68. The van der Waals surface area contributed by atoms with Gasteiger partial charge in [0.25, 0.3) is 5.91 Å².